The minimum Gasteiger partial charge on any atom is -0.457 e. The van der Waals surface area contributed by atoms with Gasteiger partial charge in [-0.25, -0.2) is 13.2 Å². The van der Waals surface area contributed by atoms with Gasteiger partial charge in [-0.3, -0.25) is 4.31 Å². The molecule has 0 radical (unpaired) electrons. The van der Waals surface area contributed by atoms with E-state index < -0.39 is 16.0 Å². The first-order valence-corrected chi connectivity index (χ1v) is 9.62. The van der Waals surface area contributed by atoms with Crippen molar-refractivity contribution in [2.45, 2.75) is 19.4 Å². The molecule has 6 heteroatoms. The predicted molar refractivity (Wildman–Crippen MR) is 92.5 cm³/mol. The summed E-state index contributed by atoms with van der Waals surface area (Å²) in [6.07, 6.45) is 2.69. The molecule has 0 bridgehead atoms. The highest BCUT2D eigenvalue weighted by atomic mass is 32.2. The van der Waals surface area contributed by atoms with Crippen molar-refractivity contribution < 1.29 is 17.9 Å². The summed E-state index contributed by atoms with van der Waals surface area (Å²) in [5.41, 5.74) is 2.89. The zero-order valence-corrected chi connectivity index (χ0v) is 14.3. The van der Waals surface area contributed by atoms with E-state index in [9.17, 15) is 13.2 Å². The van der Waals surface area contributed by atoms with Gasteiger partial charge in [-0.05, 0) is 42.2 Å². The van der Waals surface area contributed by atoms with Crippen LogP contribution in [0.2, 0.25) is 0 Å². The molecule has 0 spiro atoms. The normalized spacial score (nSPS) is 14.1. The van der Waals surface area contributed by atoms with Crippen LogP contribution < -0.4 is 4.31 Å². The number of anilines is 1. The van der Waals surface area contributed by atoms with Crippen LogP contribution in [-0.2, 0) is 27.8 Å². The molecule has 126 valence electrons. The van der Waals surface area contributed by atoms with E-state index >= 15 is 0 Å². The lowest BCUT2D eigenvalue weighted by Crippen LogP contribution is -2.34. The number of carbonyl (C=O) groups is 1. The van der Waals surface area contributed by atoms with Gasteiger partial charge in [0.05, 0.1) is 17.5 Å². The summed E-state index contributed by atoms with van der Waals surface area (Å²) in [6.45, 7) is 0.690. The number of rotatable bonds is 4. The van der Waals surface area contributed by atoms with E-state index in [1.54, 1.807) is 18.2 Å². The number of benzene rings is 2. The van der Waals surface area contributed by atoms with Crippen molar-refractivity contribution in [1.29, 1.82) is 0 Å². The molecule has 0 aromatic heterocycles. The van der Waals surface area contributed by atoms with E-state index in [0.717, 1.165) is 24.0 Å². The van der Waals surface area contributed by atoms with E-state index in [2.05, 4.69) is 0 Å². The smallest absolute Gasteiger partial charge is 0.338 e. The lowest BCUT2D eigenvalue weighted by molar-refractivity contribution is 0.0472. The van der Waals surface area contributed by atoms with Gasteiger partial charge >= 0.3 is 5.97 Å². The van der Waals surface area contributed by atoms with Gasteiger partial charge in [0.25, 0.3) is 0 Å². The predicted octanol–water partition coefficient (Wildman–Crippen LogP) is 2.76. The maximum Gasteiger partial charge on any atom is 0.338 e. The standard InChI is InChI=1S/C18H19NO4S/c1-24(21,22)19-11-5-8-15-12-16(9-10-17(15)19)18(20)23-13-14-6-3-2-4-7-14/h2-4,6-7,9-10,12H,5,8,11,13H2,1H3. The minimum absolute atomic E-state index is 0.215. The number of hydrogen-bond acceptors (Lipinski definition) is 4. The van der Waals surface area contributed by atoms with Crippen molar-refractivity contribution in [1.82, 2.24) is 0 Å². The summed E-state index contributed by atoms with van der Waals surface area (Å²) in [6, 6.07) is 14.5. The van der Waals surface area contributed by atoms with Gasteiger partial charge < -0.3 is 4.74 Å². The van der Waals surface area contributed by atoms with E-state index in [1.807, 2.05) is 30.3 Å². The average Bonchev–Trinajstić information content (AvgIpc) is 2.58. The van der Waals surface area contributed by atoms with Gasteiger partial charge in [0.1, 0.15) is 6.61 Å². The maximum atomic E-state index is 12.2. The summed E-state index contributed by atoms with van der Waals surface area (Å²) in [4.78, 5) is 12.2. The van der Waals surface area contributed by atoms with Gasteiger partial charge in [-0.2, -0.15) is 0 Å². The third-order valence-corrected chi connectivity index (χ3v) is 5.18. The third-order valence-electron chi connectivity index (χ3n) is 4.00. The zero-order chi connectivity index (χ0) is 17.2. The molecule has 1 aliphatic heterocycles. The molecule has 0 fully saturated rings. The van der Waals surface area contributed by atoms with E-state index in [-0.39, 0.29) is 6.61 Å². The van der Waals surface area contributed by atoms with E-state index in [4.69, 9.17) is 4.74 Å². The molecule has 0 unspecified atom stereocenters. The van der Waals surface area contributed by atoms with Gasteiger partial charge in [0.15, 0.2) is 0 Å². The van der Waals surface area contributed by atoms with Crippen molar-refractivity contribution in [3.63, 3.8) is 0 Å². The molecule has 5 nitrogen and oxygen atoms in total. The molecule has 2 aromatic rings. The molecule has 0 saturated carbocycles. The largest absolute Gasteiger partial charge is 0.457 e. The molecule has 0 saturated heterocycles. The van der Waals surface area contributed by atoms with E-state index in [1.165, 1.54) is 10.6 Å². The Bertz CT molecular complexity index is 847. The SMILES string of the molecule is CS(=O)(=O)N1CCCc2cc(C(=O)OCc3ccccc3)ccc21. The van der Waals surface area contributed by atoms with Crippen LogP contribution in [0, 0.1) is 0 Å². The molecule has 0 aliphatic carbocycles. The summed E-state index contributed by atoms with van der Waals surface area (Å²) < 4.78 is 30.4. The van der Waals surface area contributed by atoms with Crippen LogP contribution in [0.25, 0.3) is 0 Å². The molecular formula is C18H19NO4S. The number of fused-ring (bicyclic) bond motifs is 1. The fraction of sp³-hybridized carbons (Fsp3) is 0.278. The Morgan fingerprint density at radius 1 is 1.17 bits per heavy atom. The number of esters is 1. The molecule has 1 heterocycles. The summed E-state index contributed by atoms with van der Waals surface area (Å²) in [7, 11) is -3.30. The molecule has 24 heavy (non-hydrogen) atoms. The number of nitrogens with zero attached hydrogens (tertiary/aromatic N) is 1. The Balaban J connectivity index is 1.77. The summed E-state index contributed by atoms with van der Waals surface area (Å²) in [5, 5.41) is 0. The highest BCUT2D eigenvalue weighted by molar-refractivity contribution is 7.92. The quantitative estimate of drug-likeness (QED) is 0.800. The van der Waals surface area contributed by atoms with Crippen LogP contribution in [-0.4, -0.2) is 27.2 Å². The van der Waals surface area contributed by atoms with Crippen LogP contribution in [0.5, 0.6) is 0 Å². The van der Waals surface area contributed by atoms with Crippen LogP contribution >= 0.6 is 0 Å². The molecule has 0 amide bonds. The number of carbonyl (C=O) groups excluding carboxylic acids is 1. The monoisotopic (exact) mass is 345 g/mol. The summed E-state index contributed by atoms with van der Waals surface area (Å²) in [5.74, 6) is -0.405. The Hall–Kier alpha value is -2.34. The molecular weight excluding hydrogens is 326 g/mol. The Labute approximate surface area is 141 Å². The number of aryl methyl sites for hydroxylation is 1. The highest BCUT2D eigenvalue weighted by Gasteiger charge is 2.24. The average molecular weight is 345 g/mol. The van der Waals surface area contributed by atoms with E-state index in [0.29, 0.717) is 17.8 Å². The van der Waals surface area contributed by atoms with Gasteiger partial charge in [0.2, 0.25) is 10.0 Å². The highest BCUT2D eigenvalue weighted by Crippen LogP contribution is 2.30. The Morgan fingerprint density at radius 3 is 2.62 bits per heavy atom. The van der Waals surface area contributed by atoms with Crippen molar-refractivity contribution in [3.05, 3.63) is 65.2 Å². The van der Waals surface area contributed by atoms with Crippen LogP contribution in [0.4, 0.5) is 5.69 Å². The topological polar surface area (TPSA) is 63.7 Å². The molecule has 2 aromatic carbocycles. The second-order valence-electron chi connectivity index (χ2n) is 5.84. The first-order chi connectivity index (χ1) is 11.4. The zero-order valence-electron chi connectivity index (χ0n) is 13.4. The fourth-order valence-corrected chi connectivity index (χ4v) is 3.84. The minimum atomic E-state index is -3.30. The Kier molecular flexibility index (Phi) is 4.57. The lowest BCUT2D eigenvalue weighted by atomic mass is 10.0. The van der Waals surface area contributed by atoms with Crippen molar-refractivity contribution in [2.75, 3.05) is 17.1 Å². The molecule has 3 rings (SSSR count). The Morgan fingerprint density at radius 2 is 1.92 bits per heavy atom. The van der Waals surface area contributed by atoms with Crippen molar-refractivity contribution in [3.8, 4) is 0 Å². The fourth-order valence-electron chi connectivity index (χ4n) is 2.84. The first-order valence-electron chi connectivity index (χ1n) is 7.77. The third kappa shape index (κ3) is 3.59. The van der Waals surface area contributed by atoms with Gasteiger partial charge in [-0.1, -0.05) is 30.3 Å². The first kappa shape index (κ1) is 16.5. The molecule has 1 aliphatic rings. The van der Waals surface area contributed by atoms with Crippen molar-refractivity contribution in [2.24, 2.45) is 0 Å². The number of sulfonamides is 1. The van der Waals surface area contributed by atoms with Crippen LogP contribution in [0.3, 0.4) is 0 Å². The number of ether oxygens (including phenoxy) is 1. The molecule has 0 atom stereocenters. The van der Waals surface area contributed by atoms with Crippen LogP contribution in [0.15, 0.2) is 48.5 Å². The lowest BCUT2D eigenvalue weighted by Gasteiger charge is -2.29. The molecule has 0 N–H and O–H groups in total. The van der Waals surface area contributed by atoms with Crippen LogP contribution in [0.1, 0.15) is 27.9 Å². The van der Waals surface area contributed by atoms with Crippen molar-refractivity contribution >= 4 is 21.7 Å². The second kappa shape index (κ2) is 6.65. The number of hydrogen-bond donors (Lipinski definition) is 0. The maximum absolute atomic E-state index is 12.2. The van der Waals surface area contributed by atoms with Gasteiger partial charge in [0, 0.05) is 6.54 Å². The second-order valence-corrected chi connectivity index (χ2v) is 7.75. The summed E-state index contributed by atoms with van der Waals surface area (Å²) >= 11 is 0. The van der Waals surface area contributed by atoms with Gasteiger partial charge in [-0.15, -0.1) is 0 Å².